The molecule has 0 unspecified atom stereocenters. The smallest absolute Gasteiger partial charge is 0.277 e. The fourth-order valence-corrected chi connectivity index (χ4v) is 2.95. The second kappa shape index (κ2) is 6.89. The van der Waals surface area contributed by atoms with Gasteiger partial charge in [0.15, 0.2) is 0 Å². The molecule has 112 valence electrons. The van der Waals surface area contributed by atoms with Gasteiger partial charge in [0.2, 0.25) is 0 Å². The van der Waals surface area contributed by atoms with Gasteiger partial charge in [-0.1, -0.05) is 12.1 Å². The Morgan fingerprint density at radius 2 is 2.24 bits per heavy atom. The van der Waals surface area contributed by atoms with Crippen LogP contribution < -0.4 is 15.4 Å². The Morgan fingerprint density at radius 1 is 1.43 bits per heavy atom. The fourth-order valence-electron chi connectivity index (χ4n) is 2.17. The molecule has 5 nitrogen and oxygen atoms in total. The molecular weight excluding hydrogens is 310 g/mol. The van der Waals surface area contributed by atoms with Crippen molar-refractivity contribution in [2.75, 3.05) is 24.6 Å². The van der Waals surface area contributed by atoms with Gasteiger partial charge in [-0.25, -0.2) is 4.98 Å². The van der Waals surface area contributed by atoms with Crippen LogP contribution >= 0.6 is 23.7 Å². The maximum Gasteiger partial charge on any atom is 0.277 e. The standard InChI is InChI=1S/C14H15N3O2S.ClH/c15-6-5-13-16-10(9-20-13)14(18)17-7-8-19-12-4-2-1-3-11(12)17;/h1-4,9H,5-8,15H2;1H. The first-order valence-electron chi connectivity index (χ1n) is 6.48. The number of carbonyl (C=O) groups excluding carboxylic acids is 1. The van der Waals surface area contributed by atoms with Gasteiger partial charge in [0.1, 0.15) is 18.1 Å². The number of fused-ring (bicyclic) bond motifs is 1. The molecule has 2 N–H and O–H groups in total. The van der Waals surface area contributed by atoms with E-state index < -0.39 is 0 Å². The van der Waals surface area contributed by atoms with Crippen LogP contribution in [0.4, 0.5) is 5.69 Å². The summed E-state index contributed by atoms with van der Waals surface area (Å²) in [5.74, 6) is 0.657. The van der Waals surface area contributed by atoms with Crippen molar-refractivity contribution >= 4 is 35.3 Å². The first-order chi connectivity index (χ1) is 9.79. The Balaban J connectivity index is 0.00000161. The lowest BCUT2D eigenvalue weighted by molar-refractivity contribution is 0.0972. The number of benzene rings is 1. The highest BCUT2D eigenvalue weighted by atomic mass is 35.5. The number of para-hydroxylation sites is 2. The molecule has 0 aliphatic carbocycles. The molecule has 1 aromatic carbocycles. The first kappa shape index (κ1) is 15.8. The van der Waals surface area contributed by atoms with E-state index in [1.54, 1.807) is 10.3 Å². The van der Waals surface area contributed by atoms with E-state index in [4.69, 9.17) is 10.5 Å². The fraction of sp³-hybridized carbons (Fsp3) is 0.286. The highest BCUT2D eigenvalue weighted by molar-refractivity contribution is 7.09. The number of nitrogens with zero attached hydrogens (tertiary/aromatic N) is 2. The van der Waals surface area contributed by atoms with Gasteiger partial charge >= 0.3 is 0 Å². The normalized spacial score (nSPS) is 13.1. The minimum atomic E-state index is -0.0831. The van der Waals surface area contributed by atoms with Crippen molar-refractivity contribution in [1.29, 1.82) is 0 Å². The zero-order valence-corrected chi connectivity index (χ0v) is 13.0. The third-order valence-electron chi connectivity index (χ3n) is 3.10. The van der Waals surface area contributed by atoms with Gasteiger partial charge in [-0.2, -0.15) is 0 Å². The minimum Gasteiger partial charge on any atom is -0.490 e. The molecule has 0 bridgehead atoms. The van der Waals surface area contributed by atoms with Crippen molar-refractivity contribution in [3.05, 3.63) is 40.3 Å². The number of aromatic nitrogens is 1. The lowest BCUT2D eigenvalue weighted by Crippen LogP contribution is -2.38. The summed E-state index contributed by atoms with van der Waals surface area (Å²) >= 11 is 1.48. The van der Waals surface area contributed by atoms with Gasteiger partial charge < -0.3 is 15.4 Å². The maximum atomic E-state index is 12.6. The number of rotatable bonds is 3. The molecular formula is C14H16ClN3O2S. The predicted molar refractivity (Wildman–Crippen MR) is 85.7 cm³/mol. The lowest BCUT2D eigenvalue weighted by atomic mass is 10.2. The Kier molecular flexibility index (Phi) is 5.17. The van der Waals surface area contributed by atoms with E-state index in [1.807, 2.05) is 24.3 Å². The lowest BCUT2D eigenvalue weighted by Gasteiger charge is -2.28. The molecule has 0 saturated heterocycles. The molecule has 21 heavy (non-hydrogen) atoms. The second-order valence-corrected chi connectivity index (χ2v) is 5.38. The Bertz CT molecular complexity index is 632. The molecule has 0 atom stereocenters. The van der Waals surface area contributed by atoms with E-state index in [1.165, 1.54) is 11.3 Å². The summed E-state index contributed by atoms with van der Waals surface area (Å²) in [6, 6.07) is 7.55. The molecule has 0 saturated carbocycles. The number of ether oxygens (including phenoxy) is 1. The van der Waals surface area contributed by atoms with Crippen molar-refractivity contribution in [2.45, 2.75) is 6.42 Å². The van der Waals surface area contributed by atoms with Crippen LogP contribution in [-0.2, 0) is 6.42 Å². The van der Waals surface area contributed by atoms with Crippen molar-refractivity contribution < 1.29 is 9.53 Å². The molecule has 1 aliphatic rings. The van der Waals surface area contributed by atoms with E-state index in [0.717, 1.165) is 16.4 Å². The average molecular weight is 326 g/mol. The average Bonchev–Trinajstić information content (AvgIpc) is 2.95. The zero-order chi connectivity index (χ0) is 13.9. The zero-order valence-electron chi connectivity index (χ0n) is 11.3. The maximum absolute atomic E-state index is 12.6. The van der Waals surface area contributed by atoms with Crippen LogP contribution in [0.25, 0.3) is 0 Å². The first-order valence-corrected chi connectivity index (χ1v) is 7.35. The summed E-state index contributed by atoms with van der Waals surface area (Å²) in [6.07, 6.45) is 0.706. The highest BCUT2D eigenvalue weighted by Gasteiger charge is 2.25. The van der Waals surface area contributed by atoms with Crippen molar-refractivity contribution in [3.8, 4) is 5.75 Å². The Morgan fingerprint density at radius 3 is 3.05 bits per heavy atom. The SMILES string of the molecule is Cl.NCCc1nc(C(=O)N2CCOc3ccccc32)cs1. The molecule has 0 radical (unpaired) electrons. The molecule has 2 aromatic rings. The molecule has 1 amide bonds. The number of thiazole rings is 1. The second-order valence-electron chi connectivity index (χ2n) is 4.44. The number of halogens is 1. The van der Waals surface area contributed by atoms with Gasteiger partial charge in [0.25, 0.3) is 5.91 Å². The number of anilines is 1. The largest absolute Gasteiger partial charge is 0.490 e. The molecule has 1 aliphatic heterocycles. The number of hydrogen-bond donors (Lipinski definition) is 1. The van der Waals surface area contributed by atoms with Gasteiger partial charge in [0.05, 0.1) is 17.2 Å². The minimum absolute atomic E-state index is 0. The van der Waals surface area contributed by atoms with Crippen LogP contribution in [0.3, 0.4) is 0 Å². The molecule has 7 heteroatoms. The van der Waals surface area contributed by atoms with Gasteiger partial charge in [0, 0.05) is 11.8 Å². The molecule has 1 aromatic heterocycles. The summed E-state index contributed by atoms with van der Waals surface area (Å²) in [5.41, 5.74) is 6.79. The van der Waals surface area contributed by atoms with Crippen LogP contribution in [-0.4, -0.2) is 30.6 Å². The van der Waals surface area contributed by atoms with Gasteiger partial charge in [-0.15, -0.1) is 23.7 Å². The number of nitrogens with two attached hydrogens (primary N) is 1. The topological polar surface area (TPSA) is 68.5 Å². The summed E-state index contributed by atoms with van der Waals surface area (Å²) in [5, 5.41) is 2.70. The van der Waals surface area contributed by atoms with E-state index in [0.29, 0.717) is 31.8 Å². The summed E-state index contributed by atoms with van der Waals surface area (Å²) in [7, 11) is 0. The Labute approximate surface area is 133 Å². The van der Waals surface area contributed by atoms with Crippen molar-refractivity contribution in [1.82, 2.24) is 4.98 Å². The third kappa shape index (κ3) is 3.18. The number of carbonyl (C=O) groups is 1. The summed E-state index contributed by atoms with van der Waals surface area (Å²) < 4.78 is 5.56. The van der Waals surface area contributed by atoms with Crippen molar-refractivity contribution in [3.63, 3.8) is 0 Å². The number of hydrogen-bond acceptors (Lipinski definition) is 5. The molecule has 0 spiro atoms. The van der Waals surface area contributed by atoms with E-state index in [-0.39, 0.29) is 18.3 Å². The number of amides is 1. The summed E-state index contributed by atoms with van der Waals surface area (Å²) in [4.78, 5) is 18.6. The van der Waals surface area contributed by atoms with Crippen molar-refractivity contribution in [2.24, 2.45) is 5.73 Å². The quantitative estimate of drug-likeness (QED) is 0.938. The van der Waals surface area contributed by atoms with Crippen LogP contribution in [0.1, 0.15) is 15.5 Å². The van der Waals surface area contributed by atoms with E-state index >= 15 is 0 Å². The van der Waals surface area contributed by atoms with Crippen LogP contribution in [0, 0.1) is 0 Å². The molecule has 0 fully saturated rings. The van der Waals surface area contributed by atoms with E-state index in [2.05, 4.69) is 4.98 Å². The van der Waals surface area contributed by atoms with Crippen LogP contribution in [0.15, 0.2) is 29.6 Å². The highest BCUT2D eigenvalue weighted by Crippen LogP contribution is 2.32. The Hall–Kier alpha value is -1.63. The van der Waals surface area contributed by atoms with Crippen LogP contribution in [0.5, 0.6) is 5.75 Å². The monoisotopic (exact) mass is 325 g/mol. The molecule has 2 heterocycles. The van der Waals surface area contributed by atoms with Gasteiger partial charge in [-0.05, 0) is 18.7 Å². The molecule has 3 rings (SSSR count). The van der Waals surface area contributed by atoms with Crippen LogP contribution in [0.2, 0.25) is 0 Å². The van der Waals surface area contributed by atoms with E-state index in [9.17, 15) is 4.79 Å². The van der Waals surface area contributed by atoms with Gasteiger partial charge in [-0.3, -0.25) is 4.79 Å². The third-order valence-corrected chi connectivity index (χ3v) is 4.01. The summed E-state index contributed by atoms with van der Waals surface area (Å²) in [6.45, 7) is 1.59. The predicted octanol–water partition coefficient (Wildman–Crippen LogP) is 2.11.